The molecular weight excluding hydrogens is 236 g/mol. The van der Waals surface area contributed by atoms with Crippen molar-refractivity contribution in [3.63, 3.8) is 0 Å². The Morgan fingerprint density at radius 1 is 1.00 bits per heavy atom. The molecule has 0 saturated carbocycles. The average molecular weight is 249 g/mol. The van der Waals surface area contributed by atoms with Crippen molar-refractivity contribution in [1.29, 1.82) is 0 Å². The summed E-state index contributed by atoms with van der Waals surface area (Å²) in [6.07, 6.45) is 0. The molecule has 18 heavy (non-hydrogen) atoms. The molecule has 0 radical (unpaired) electrons. The van der Waals surface area contributed by atoms with E-state index in [0.29, 0.717) is 6.54 Å². The highest BCUT2D eigenvalue weighted by molar-refractivity contribution is 5.28. The van der Waals surface area contributed by atoms with Crippen molar-refractivity contribution in [1.82, 2.24) is 0 Å². The number of nitrogens with two attached hydrogens (primary N) is 1. The molecule has 0 amide bonds. The third-order valence-electron chi connectivity index (χ3n) is 2.62. The van der Waals surface area contributed by atoms with E-state index >= 15 is 0 Å². The quantitative estimate of drug-likeness (QED) is 0.904. The van der Waals surface area contributed by atoms with E-state index in [1.54, 1.807) is 0 Å². The van der Waals surface area contributed by atoms with Gasteiger partial charge in [0.25, 0.3) is 0 Å². The van der Waals surface area contributed by atoms with Crippen LogP contribution in [0.25, 0.3) is 0 Å². The summed E-state index contributed by atoms with van der Waals surface area (Å²) in [6, 6.07) is 10.7. The second-order valence-corrected chi connectivity index (χ2v) is 3.84. The topological polar surface area (TPSA) is 35.2 Å². The van der Waals surface area contributed by atoms with E-state index in [-0.39, 0.29) is 12.4 Å². The summed E-state index contributed by atoms with van der Waals surface area (Å²) in [7, 11) is 0. The molecule has 2 aromatic carbocycles. The molecule has 2 N–H and O–H groups in total. The van der Waals surface area contributed by atoms with Crippen LogP contribution in [0.15, 0.2) is 42.5 Å². The summed E-state index contributed by atoms with van der Waals surface area (Å²) in [4.78, 5) is 0. The monoisotopic (exact) mass is 249 g/mol. The summed E-state index contributed by atoms with van der Waals surface area (Å²) in [6.45, 7) is 0.599. The molecule has 0 atom stereocenters. The van der Waals surface area contributed by atoms with E-state index < -0.39 is 11.6 Å². The van der Waals surface area contributed by atoms with Crippen LogP contribution in [0.3, 0.4) is 0 Å². The number of halogens is 2. The molecule has 2 rings (SSSR count). The molecule has 0 unspecified atom stereocenters. The van der Waals surface area contributed by atoms with Gasteiger partial charge in [-0.3, -0.25) is 0 Å². The van der Waals surface area contributed by atoms with Crippen molar-refractivity contribution in [2.75, 3.05) is 0 Å². The minimum atomic E-state index is -0.708. The standard InChI is InChI=1S/C14H13F2NO/c15-12-5-6-14(13(16)7-12)18-9-11-4-2-1-3-10(11)8-17/h1-7H,8-9,17H2. The van der Waals surface area contributed by atoms with E-state index in [2.05, 4.69) is 0 Å². The van der Waals surface area contributed by atoms with E-state index in [4.69, 9.17) is 10.5 Å². The molecule has 0 bridgehead atoms. The Bertz CT molecular complexity index is 543. The maximum Gasteiger partial charge on any atom is 0.167 e. The van der Waals surface area contributed by atoms with Gasteiger partial charge in [-0.2, -0.15) is 0 Å². The Morgan fingerprint density at radius 2 is 1.72 bits per heavy atom. The number of benzene rings is 2. The largest absolute Gasteiger partial charge is 0.486 e. The normalized spacial score (nSPS) is 10.4. The first-order chi connectivity index (χ1) is 8.70. The smallest absolute Gasteiger partial charge is 0.167 e. The van der Waals surface area contributed by atoms with Gasteiger partial charge >= 0.3 is 0 Å². The van der Waals surface area contributed by atoms with Crippen LogP contribution in [-0.2, 0) is 13.2 Å². The van der Waals surface area contributed by atoms with Gasteiger partial charge in [-0.05, 0) is 23.3 Å². The molecule has 0 aliphatic heterocycles. The lowest BCUT2D eigenvalue weighted by Gasteiger charge is -2.10. The fraction of sp³-hybridized carbons (Fsp3) is 0.143. The van der Waals surface area contributed by atoms with Crippen molar-refractivity contribution < 1.29 is 13.5 Å². The zero-order valence-corrected chi connectivity index (χ0v) is 9.70. The highest BCUT2D eigenvalue weighted by Gasteiger charge is 2.06. The Balaban J connectivity index is 2.11. The first-order valence-electron chi connectivity index (χ1n) is 5.55. The number of rotatable bonds is 4. The minimum absolute atomic E-state index is 0.0308. The number of hydrogen-bond acceptors (Lipinski definition) is 2. The Hall–Kier alpha value is -1.94. The van der Waals surface area contributed by atoms with Crippen molar-refractivity contribution in [2.24, 2.45) is 5.73 Å². The molecule has 0 aliphatic rings. The fourth-order valence-electron chi connectivity index (χ4n) is 1.65. The molecule has 0 aromatic heterocycles. The van der Waals surface area contributed by atoms with Gasteiger partial charge in [0.1, 0.15) is 12.4 Å². The van der Waals surface area contributed by atoms with Gasteiger partial charge in [0, 0.05) is 12.6 Å². The van der Waals surface area contributed by atoms with Gasteiger partial charge in [0.2, 0.25) is 0 Å². The maximum atomic E-state index is 13.3. The minimum Gasteiger partial charge on any atom is -0.486 e. The van der Waals surface area contributed by atoms with Crippen LogP contribution < -0.4 is 10.5 Å². The fourth-order valence-corrected chi connectivity index (χ4v) is 1.65. The van der Waals surface area contributed by atoms with E-state index in [0.717, 1.165) is 23.3 Å². The van der Waals surface area contributed by atoms with Crippen LogP contribution in [0, 0.1) is 11.6 Å². The van der Waals surface area contributed by atoms with E-state index in [9.17, 15) is 8.78 Å². The molecule has 94 valence electrons. The molecule has 0 heterocycles. The zero-order valence-electron chi connectivity index (χ0n) is 9.70. The van der Waals surface area contributed by atoms with Crippen LogP contribution in [0.1, 0.15) is 11.1 Å². The molecular formula is C14H13F2NO. The van der Waals surface area contributed by atoms with Crippen LogP contribution in [-0.4, -0.2) is 0 Å². The summed E-state index contributed by atoms with van der Waals surface area (Å²) in [5.41, 5.74) is 7.43. The lowest BCUT2D eigenvalue weighted by molar-refractivity contribution is 0.288. The van der Waals surface area contributed by atoms with E-state index in [1.165, 1.54) is 6.07 Å². The molecule has 2 nitrogen and oxygen atoms in total. The summed E-state index contributed by atoms with van der Waals surface area (Å²) in [5, 5.41) is 0. The predicted molar refractivity (Wildman–Crippen MR) is 65.0 cm³/mol. The van der Waals surface area contributed by atoms with E-state index in [1.807, 2.05) is 24.3 Å². The lowest BCUT2D eigenvalue weighted by atomic mass is 10.1. The van der Waals surface area contributed by atoms with Crippen molar-refractivity contribution in [3.8, 4) is 5.75 Å². The number of hydrogen-bond donors (Lipinski definition) is 1. The van der Waals surface area contributed by atoms with Gasteiger partial charge in [-0.25, -0.2) is 8.78 Å². The van der Waals surface area contributed by atoms with Gasteiger partial charge in [0.15, 0.2) is 11.6 Å². The Morgan fingerprint density at radius 3 is 2.39 bits per heavy atom. The third kappa shape index (κ3) is 2.84. The van der Waals surface area contributed by atoms with Crippen LogP contribution in [0.2, 0.25) is 0 Å². The SMILES string of the molecule is NCc1ccccc1COc1ccc(F)cc1F. The summed E-state index contributed by atoms with van der Waals surface area (Å²) < 4.78 is 31.4. The summed E-state index contributed by atoms with van der Waals surface area (Å²) in [5.74, 6) is -1.30. The zero-order chi connectivity index (χ0) is 13.0. The lowest BCUT2D eigenvalue weighted by Crippen LogP contribution is -2.05. The second kappa shape index (κ2) is 5.60. The Labute approximate surface area is 104 Å². The van der Waals surface area contributed by atoms with Crippen LogP contribution >= 0.6 is 0 Å². The molecule has 0 aliphatic carbocycles. The molecule has 2 aromatic rings. The molecule has 0 spiro atoms. The first-order valence-corrected chi connectivity index (χ1v) is 5.55. The van der Waals surface area contributed by atoms with Gasteiger partial charge in [0.05, 0.1) is 0 Å². The Kier molecular flexibility index (Phi) is 3.89. The third-order valence-corrected chi connectivity index (χ3v) is 2.62. The van der Waals surface area contributed by atoms with Crippen LogP contribution in [0.4, 0.5) is 8.78 Å². The highest BCUT2D eigenvalue weighted by atomic mass is 19.1. The van der Waals surface area contributed by atoms with Gasteiger partial charge in [-0.15, -0.1) is 0 Å². The van der Waals surface area contributed by atoms with Crippen molar-refractivity contribution >= 4 is 0 Å². The van der Waals surface area contributed by atoms with Crippen LogP contribution in [0.5, 0.6) is 5.75 Å². The first kappa shape index (κ1) is 12.5. The molecule has 0 fully saturated rings. The highest BCUT2D eigenvalue weighted by Crippen LogP contribution is 2.19. The average Bonchev–Trinajstić information content (AvgIpc) is 2.38. The van der Waals surface area contributed by atoms with Crippen molar-refractivity contribution in [3.05, 3.63) is 65.2 Å². The maximum absolute atomic E-state index is 13.3. The van der Waals surface area contributed by atoms with Gasteiger partial charge < -0.3 is 10.5 Å². The summed E-state index contributed by atoms with van der Waals surface area (Å²) >= 11 is 0. The molecule has 0 saturated heterocycles. The van der Waals surface area contributed by atoms with Crippen molar-refractivity contribution in [2.45, 2.75) is 13.2 Å². The number of ether oxygens (including phenoxy) is 1. The second-order valence-electron chi connectivity index (χ2n) is 3.84. The van der Waals surface area contributed by atoms with Gasteiger partial charge in [-0.1, -0.05) is 24.3 Å². The predicted octanol–water partition coefficient (Wildman–Crippen LogP) is 3.00. The molecule has 4 heteroatoms.